The molecular weight excluding hydrogens is 488 g/mol. The van der Waals surface area contributed by atoms with Crippen molar-refractivity contribution >= 4 is 97.4 Å². The standard InChI is InChI=1S/C19H7B8ClF2N6O/c20-16(21)18(24,25)37-19(26,27)17(22,23)36(16)10-4-6-9(5-31-10)32-15(11-7(29)2-1-3-8(11)30)33-13-12(6)34-35-14(13)28/h1-5H,(H,32,33)(H,34,35). The highest BCUT2D eigenvalue weighted by Gasteiger charge is 2.57. The van der Waals surface area contributed by atoms with Crippen LogP contribution in [0.4, 0.5) is 26.0 Å². The van der Waals surface area contributed by atoms with Gasteiger partial charge in [0.15, 0.2) is 5.15 Å². The molecule has 3 aromatic rings. The van der Waals surface area contributed by atoms with Crippen LogP contribution in [-0.2, 0) is 4.74 Å². The molecule has 2 aliphatic heterocycles. The molecular formula is C19H7B8ClF2N6O. The first-order chi connectivity index (χ1) is 17.1. The minimum Gasteiger partial charge on any atom is -0.405 e. The van der Waals surface area contributed by atoms with Gasteiger partial charge in [-0.2, -0.15) is 5.10 Å². The molecule has 0 atom stereocenters. The molecule has 0 saturated carbocycles. The Bertz CT molecular complexity index is 1420. The Morgan fingerprint density at radius 3 is 2.14 bits per heavy atom. The molecule has 5 rings (SSSR count). The maximum Gasteiger partial charge on any atom is 0.150 e. The van der Waals surface area contributed by atoms with Crippen molar-refractivity contribution in [2.75, 3.05) is 10.2 Å². The van der Waals surface area contributed by atoms with Gasteiger partial charge in [-0.05, 0) is 39.7 Å². The van der Waals surface area contributed by atoms with Crippen LogP contribution in [0.15, 0.2) is 35.5 Å². The van der Waals surface area contributed by atoms with E-state index >= 15 is 0 Å². The third-order valence-corrected chi connectivity index (χ3v) is 6.34. The Balaban J connectivity index is 1.71. The first kappa shape index (κ1) is 26.1. The van der Waals surface area contributed by atoms with Gasteiger partial charge in [0.2, 0.25) is 0 Å². The Morgan fingerprint density at radius 1 is 0.946 bits per heavy atom. The molecule has 1 aromatic carbocycles. The Morgan fingerprint density at radius 2 is 1.54 bits per heavy atom. The van der Waals surface area contributed by atoms with E-state index in [-0.39, 0.29) is 39.4 Å². The molecule has 0 unspecified atom stereocenters. The summed E-state index contributed by atoms with van der Waals surface area (Å²) in [5.41, 5.74) is 0.249. The molecule has 4 heterocycles. The molecule has 2 N–H and O–H groups in total. The lowest BCUT2D eigenvalue weighted by Crippen LogP contribution is -2.86. The fourth-order valence-corrected chi connectivity index (χ4v) is 4.23. The monoisotopic (exact) mass is 496 g/mol. The van der Waals surface area contributed by atoms with E-state index in [1.54, 1.807) is 0 Å². The molecule has 0 aliphatic carbocycles. The van der Waals surface area contributed by atoms with Gasteiger partial charge in [-0.3, -0.25) is 5.10 Å². The van der Waals surface area contributed by atoms with Gasteiger partial charge >= 0.3 is 0 Å². The van der Waals surface area contributed by atoms with Crippen LogP contribution in [0, 0.1) is 11.6 Å². The highest BCUT2D eigenvalue weighted by atomic mass is 35.5. The first-order valence-electron chi connectivity index (χ1n) is 10.4. The van der Waals surface area contributed by atoms with Crippen LogP contribution in [-0.4, -0.2) is 105 Å². The molecule has 0 spiro atoms. The van der Waals surface area contributed by atoms with E-state index in [4.69, 9.17) is 79.1 Å². The molecule has 164 valence electrons. The topological polar surface area (TPSA) is 78.4 Å². The summed E-state index contributed by atoms with van der Waals surface area (Å²) < 4.78 is 34.5. The molecule has 1 fully saturated rings. The molecule has 2 aromatic heterocycles. The number of benzene rings is 1. The molecule has 16 radical (unpaired) electrons. The van der Waals surface area contributed by atoms with Crippen molar-refractivity contribution in [2.45, 2.75) is 21.5 Å². The van der Waals surface area contributed by atoms with Crippen molar-refractivity contribution in [3.05, 3.63) is 52.8 Å². The Labute approximate surface area is 226 Å². The zero-order chi connectivity index (χ0) is 27.1. The van der Waals surface area contributed by atoms with Gasteiger partial charge < -0.3 is 15.0 Å². The second-order valence-corrected chi connectivity index (χ2v) is 9.06. The lowest BCUT2D eigenvalue weighted by molar-refractivity contribution is -0.0256. The Kier molecular flexibility index (Phi) is 5.81. The summed E-state index contributed by atoms with van der Waals surface area (Å²) in [5.74, 6) is -2.06. The molecule has 0 bridgehead atoms. The molecule has 37 heavy (non-hydrogen) atoms. The van der Waals surface area contributed by atoms with Crippen LogP contribution >= 0.6 is 11.6 Å². The largest absolute Gasteiger partial charge is 0.405 e. The number of rotatable bonds is 2. The number of ether oxygens (including phenoxy) is 1. The normalized spacial score (nSPS) is 20.6. The van der Waals surface area contributed by atoms with E-state index in [1.807, 2.05) is 0 Å². The summed E-state index contributed by atoms with van der Waals surface area (Å²) in [5, 5.41) is 0.182. The van der Waals surface area contributed by atoms with Crippen LogP contribution in [0.2, 0.25) is 5.15 Å². The number of amidine groups is 1. The number of halogens is 3. The lowest BCUT2D eigenvalue weighted by Gasteiger charge is -2.70. The zero-order valence-corrected chi connectivity index (χ0v) is 19.6. The number of hydrogen-bond donors (Lipinski definition) is 2. The van der Waals surface area contributed by atoms with Crippen LogP contribution in [0.5, 0.6) is 0 Å². The van der Waals surface area contributed by atoms with E-state index in [0.717, 1.165) is 17.0 Å². The number of H-pyrrole nitrogens is 1. The second kappa shape index (κ2) is 8.24. The predicted molar refractivity (Wildman–Crippen MR) is 144 cm³/mol. The zero-order valence-electron chi connectivity index (χ0n) is 18.8. The Hall–Kier alpha value is -2.52. The number of anilines is 2. The summed E-state index contributed by atoms with van der Waals surface area (Å²) in [6.45, 7) is 0. The maximum absolute atomic E-state index is 14.6. The minimum atomic E-state index is -2.37. The van der Waals surface area contributed by atoms with E-state index in [2.05, 4.69) is 25.5 Å². The third kappa shape index (κ3) is 3.80. The van der Waals surface area contributed by atoms with Crippen molar-refractivity contribution in [1.29, 1.82) is 0 Å². The summed E-state index contributed by atoms with van der Waals surface area (Å²) in [6.07, 6.45) is 1.25. The summed E-state index contributed by atoms with van der Waals surface area (Å²) >= 11 is 6.25. The molecule has 1 saturated heterocycles. The van der Waals surface area contributed by atoms with Gasteiger partial charge in [-0.25, -0.2) is 18.8 Å². The van der Waals surface area contributed by atoms with Gasteiger partial charge in [0.05, 0.1) is 48.8 Å². The SMILES string of the molecule is [B]C1([B])OC([B])([B])C([B])([B])N(c2cc3c(cn2)NC(c2c(F)cccc2F)=Nc2c-3n[nH]c2Cl)C1([B])[B]. The van der Waals surface area contributed by atoms with Crippen molar-refractivity contribution < 1.29 is 13.5 Å². The van der Waals surface area contributed by atoms with Crippen LogP contribution < -0.4 is 10.2 Å². The fraction of sp³-hybridized carbons (Fsp3) is 0.211. The molecule has 2 aliphatic rings. The van der Waals surface area contributed by atoms with E-state index in [9.17, 15) is 8.78 Å². The second-order valence-electron chi connectivity index (χ2n) is 8.68. The number of aromatic nitrogens is 3. The maximum atomic E-state index is 14.6. The van der Waals surface area contributed by atoms with Gasteiger partial charge in [0.25, 0.3) is 0 Å². The number of nitrogens with zero attached hydrogens (tertiary/aromatic N) is 4. The highest BCUT2D eigenvalue weighted by Crippen LogP contribution is 2.46. The number of hydrogen-bond acceptors (Lipinski definition) is 6. The van der Waals surface area contributed by atoms with Gasteiger partial charge in [0.1, 0.15) is 66.1 Å². The van der Waals surface area contributed by atoms with E-state index < -0.39 is 38.7 Å². The molecule has 0 amide bonds. The van der Waals surface area contributed by atoms with Gasteiger partial charge in [-0.15, -0.1) is 0 Å². The fourth-order valence-electron chi connectivity index (χ4n) is 4.05. The van der Waals surface area contributed by atoms with Crippen molar-refractivity contribution in [3.63, 3.8) is 0 Å². The number of nitrogens with one attached hydrogen (secondary N) is 2. The minimum absolute atomic E-state index is 0.0199. The predicted octanol–water partition coefficient (Wildman–Crippen LogP) is -0.293. The van der Waals surface area contributed by atoms with Crippen LogP contribution in [0.25, 0.3) is 11.3 Å². The van der Waals surface area contributed by atoms with Crippen LogP contribution in [0.1, 0.15) is 5.56 Å². The third-order valence-electron chi connectivity index (χ3n) is 6.08. The molecule has 7 nitrogen and oxygen atoms in total. The van der Waals surface area contributed by atoms with E-state index in [0.29, 0.717) is 0 Å². The van der Waals surface area contributed by atoms with Crippen LogP contribution in [0.3, 0.4) is 0 Å². The van der Waals surface area contributed by atoms with Crippen molar-refractivity contribution in [2.24, 2.45) is 4.99 Å². The number of aromatic amines is 1. The quantitative estimate of drug-likeness (QED) is 0.478. The smallest absolute Gasteiger partial charge is 0.150 e. The summed E-state index contributed by atoms with van der Waals surface area (Å²) in [4.78, 5) is 9.48. The molecule has 18 heteroatoms. The van der Waals surface area contributed by atoms with Gasteiger partial charge in [-0.1, -0.05) is 17.7 Å². The summed E-state index contributed by atoms with van der Waals surface area (Å²) in [7, 11) is 48.7. The van der Waals surface area contributed by atoms with E-state index in [1.165, 1.54) is 18.3 Å². The number of aliphatic imine (C=N–C) groups is 1. The number of morpholine rings is 1. The number of pyridine rings is 1. The van der Waals surface area contributed by atoms with Crippen molar-refractivity contribution in [3.8, 4) is 11.3 Å². The highest BCUT2D eigenvalue weighted by molar-refractivity contribution is 6.61. The van der Waals surface area contributed by atoms with Crippen molar-refractivity contribution in [1.82, 2.24) is 15.2 Å². The van der Waals surface area contributed by atoms with Gasteiger partial charge in [0, 0.05) is 5.56 Å². The average Bonchev–Trinajstić information content (AvgIpc) is 3.03. The average molecular weight is 495 g/mol. The summed E-state index contributed by atoms with van der Waals surface area (Å²) in [6, 6.07) is 4.74. The lowest BCUT2D eigenvalue weighted by atomic mass is 9.30. The number of fused-ring (bicyclic) bond motifs is 3. The first-order valence-corrected chi connectivity index (χ1v) is 10.8.